The van der Waals surface area contributed by atoms with Gasteiger partial charge in [0.05, 0.1) is 19.2 Å². The molecule has 7 rings (SSSR count). The number of para-hydroxylation sites is 1. The van der Waals surface area contributed by atoms with Gasteiger partial charge in [0.2, 0.25) is 106 Å². The highest BCUT2D eigenvalue weighted by molar-refractivity contribution is 8.77. The van der Waals surface area contributed by atoms with Crippen LogP contribution in [0, 0.1) is 39.4 Å². The van der Waals surface area contributed by atoms with Crippen molar-refractivity contribution in [2.24, 2.45) is 40.7 Å². The van der Waals surface area contributed by atoms with Gasteiger partial charge < -0.3 is 150 Å². The summed E-state index contributed by atoms with van der Waals surface area (Å²) >= 11 is 0. The first-order chi connectivity index (χ1) is 68.0. The predicted molar refractivity (Wildman–Crippen MR) is 546 cm³/mol. The van der Waals surface area contributed by atoms with Crippen molar-refractivity contribution >= 4 is 206 Å². The normalized spacial score (nSPS) is 25.8. The summed E-state index contributed by atoms with van der Waals surface area (Å²) < 4.78 is 0. The van der Waals surface area contributed by atoms with Gasteiger partial charge in [0.1, 0.15) is 96.7 Å². The van der Waals surface area contributed by atoms with Crippen LogP contribution in [0.3, 0.4) is 0 Å². The zero-order chi connectivity index (χ0) is 105. The molecule has 788 valence electrons. The number of carbonyl (C=O) groups is 18. The maximum Gasteiger partial charge on any atom is 0.245 e. The summed E-state index contributed by atoms with van der Waals surface area (Å²) in [5.41, 5.74) is 23.9. The molecule has 2 aromatic carbocycles. The minimum Gasteiger partial charge on any atom is -0.391 e. The lowest BCUT2D eigenvalue weighted by Crippen LogP contribution is -2.63. The van der Waals surface area contributed by atoms with Gasteiger partial charge in [-0.15, -0.1) is 0 Å². The van der Waals surface area contributed by atoms with Gasteiger partial charge in [-0.3, -0.25) is 108 Å². The summed E-state index contributed by atoms with van der Waals surface area (Å²) in [6.07, 6.45) is -1.88. The van der Waals surface area contributed by atoms with Gasteiger partial charge in [-0.25, -0.2) is 0 Å². The average Bonchev–Trinajstić information content (AvgIpc) is 1.70. The molecule has 4 fully saturated rings. The van der Waals surface area contributed by atoms with E-state index in [9.17, 15) is 33.9 Å². The Kier molecular flexibility index (Phi) is 49.5. The predicted octanol–water partition coefficient (Wildman–Crippen LogP) is -6.68. The van der Waals surface area contributed by atoms with Gasteiger partial charge in [0, 0.05) is 90.6 Å². The van der Waals surface area contributed by atoms with Crippen LogP contribution in [0.2, 0.25) is 0 Å². The molecule has 36 N–H and O–H groups in total. The number of aromatic nitrogens is 1. The number of aliphatic hydroxyl groups excluding tert-OH is 1. The second-order valence-electron chi connectivity index (χ2n) is 35.2. The number of carbonyl (C=O) groups excluding carboxylic acids is 18. The summed E-state index contributed by atoms with van der Waals surface area (Å²) in [4.78, 5) is 276. The molecule has 0 saturated carbocycles. The Morgan fingerprint density at radius 3 is 1.07 bits per heavy atom. The van der Waals surface area contributed by atoms with Crippen LogP contribution in [0.5, 0.6) is 0 Å². The van der Waals surface area contributed by atoms with E-state index in [1.54, 1.807) is 102 Å². The van der Waals surface area contributed by atoms with Gasteiger partial charge in [0.15, 0.2) is 23.8 Å². The Balaban J connectivity index is 1.47. The van der Waals surface area contributed by atoms with Gasteiger partial charge in [0.25, 0.3) is 0 Å². The van der Waals surface area contributed by atoms with Crippen molar-refractivity contribution in [3.05, 3.63) is 71.9 Å². The molecular weight excluding hydrogens is 1980 g/mol. The summed E-state index contributed by atoms with van der Waals surface area (Å²) in [5, 5.41) is 101. The van der Waals surface area contributed by atoms with E-state index in [0.29, 0.717) is 22.0 Å². The number of hydrogen-bond donors (Lipinski definition) is 32. The highest BCUT2D eigenvalue weighted by atomic mass is 33.1. The first-order valence-corrected chi connectivity index (χ1v) is 54.2. The molecule has 4 aliphatic heterocycles. The number of nitrogens with one attached hydrogen (secondary N) is 27. The number of fused-ring (bicyclic) bond motifs is 16. The lowest BCUT2D eigenvalue weighted by Gasteiger charge is -2.30. The minimum atomic E-state index is -1.93. The largest absolute Gasteiger partial charge is 0.391 e. The van der Waals surface area contributed by atoms with Crippen LogP contribution in [0.4, 0.5) is 0 Å². The van der Waals surface area contributed by atoms with Crippen molar-refractivity contribution in [2.75, 3.05) is 73.8 Å². The summed E-state index contributed by atoms with van der Waals surface area (Å²) in [7, 11) is 4.95. The Morgan fingerprint density at radius 2 is 0.671 bits per heavy atom. The maximum absolute atomic E-state index is 16.0. The molecule has 0 spiro atoms. The topological polar surface area (TPSA) is 807 Å². The fraction of sp³-hybridized carbons (Fsp3) is 0.586. The van der Waals surface area contributed by atoms with E-state index in [4.69, 9.17) is 44.6 Å². The number of nitrogens with two attached hydrogens (primary N) is 4. The van der Waals surface area contributed by atoms with Crippen LogP contribution in [0.25, 0.3) is 10.9 Å². The highest BCUT2D eigenvalue weighted by Crippen LogP contribution is 2.29. The minimum absolute atomic E-state index is 0.0110. The molecule has 4 aliphatic rings. The summed E-state index contributed by atoms with van der Waals surface area (Å²) in [5.74, 6) is -25.6. The van der Waals surface area contributed by atoms with Gasteiger partial charge in [-0.2, -0.15) is 0 Å². The van der Waals surface area contributed by atoms with Gasteiger partial charge in [-0.05, 0) is 99.7 Å². The highest BCUT2D eigenvalue weighted by Gasteiger charge is 2.42. The third kappa shape index (κ3) is 40.4. The number of guanidine groups is 4. The maximum atomic E-state index is 16.0. The summed E-state index contributed by atoms with van der Waals surface area (Å²) in [6, 6.07) is -11.8. The first-order valence-electron chi connectivity index (χ1n) is 46.7. The molecule has 0 aliphatic carbocycles. The molecule has 4 saturated heterocycles. The zero-order valence-electron chi connectivity index (χ0n) is 80.3. The molecule has 0 unspecified atom stereocenters. The molecule has 56 heteroatoms. The molecule has 18 amide bonds. The van der Waals surface area contributed by atoms with E-state index in [1.165, 1.54) is 0 Å². The zero-order valence-corrected chi connectivity index (χ0v) is 85.2. The Bertz CT molecular complexity index is 4970. The second-order valence-corrected chi connectivity index (χ2v) is 42.9. The number of hydrogen-bond acceptors (Lipinski definition) is 29. The standard InChI is InChI=1S/C87H135N31O19S6/c1-8-44(6)66-82(136)115-62-41-143-139-37-58(112-73(127)55(31-46-18-10-9-11-19-46)103-63(120)34-101-69(123)51(23-15-27-97-85(90)91)107-83(137)67(45(7)119)118-80(62)134)76(130)106-53(25-17-29-99-87(94)95)71(125)110-59-38-140-142-40-61(79(133)117-66)113-74(128)56(32-47-33-100-49-21-13-12-20-48(47)49)109-78(132)60-39-141-138-36-57(111-72(126)54(30-42(2)3)108-77(59)131)75(129)105-52(24-16-28-98-86(92)93)70(124)104-50(22-14-26-96-84(88)89)68(122)102-35-64(121)116-65(43(4)5)81(135)114-60/h9-13,18-21,33,42-45,50-62,65-67,100,119H,8,14-17,22-32,34-41H2,1-7H3,(H,101,123)(H,102,122)(H,103,120)(H,104,124)(H,105,129)(H,106,130)(H,107,137)(H,108,131)(H,109,132)(H,110,125)(H,111,126)(H,112,127)(H,113,128)(H,114,135)(H,115,136)(H,116,121)(H,117,133)(H,118,134)(H4,88,89,96)(H4,90,91,97)(H4,92,93,98)(H4,94,95,99)/t44-,45+,50-,51-,52-,53-,54-,55-,56-,57-,58-,59-,60-,61-,62-,65-,66-,67-/m0/s1. The Morgan fingerprint density at radius 1 is 0.357 bits per heavy atom. The van der Waals surface area contributed by atoms with Crippen molar-refractivity contribution in [2.45, 2.75) is 228 Å². The van der Waals surface area contributed by atoms with E-state index in [1.807, 2.05) is 0 Å². The van der Waals surface area contributed by atoms with Gasteiger partial charge in [-0.1, -0.05) is 161 Å². The van der Waals surface area contributed by atoms with E-state index in [-0.39, 0.29) is 103 Å². The third-order valence-electron chi connectivity index (χ3n) is 22.9. The van der Waals surface area contributed by atoms with Crippen molar-refractivity contribution in [3.63, 3.8) is 0 Å². The van der Waals surface area contributed by atoms with E-state index < -0.39 is 298 Å². The number of benzene rings is 2. The molecule has 1 aromatic heterocycles. The third-order valence-corrected chi connectivity index (χ3v) is 30.2. The molecule has 6 bridgehead atoms. The smallest absolute Gasteiger partial charge is 0.245 e. The quantitative estimate of drug-likeness (QED) is 0.0154. The van der Waals surface area contributed by atoms with Crippen LogP contribution in [-0.2, 0) is 99.1 Å². The van der Waals surface area contributed by atoms with Crippen LogP contribution < -0.4 is 140 Å². The Hall–Kier alpha value is -12.4. The average molecular weight is 2110 g/mol. The lowest BCUT2D eigenvalue weighted by molar-refractivity contribution is -0.137. The molecular formula is C87H135N31O19S6. The number of aromatic amines is 1. The number of H-pyrrole nitrogens is 1. The number of amides is 18. The SMILES string of the molecule is CC[C@H](C)[C@@H]1NC(=O)[C@@H]2CSSC[C@H](NC(=O)[C@H](CCCNC(=N)N)NC(=O)[C@@H]3CSSC[C@H](NC1=O)C(=O)N[C@@H]([C@@H](C)O)C(=O)N[C@@H](CCCNC(=N)N)C(=O)NCC(=O)N[C@@H](Cc1ccccc1)C(=O)N3)C(=O)N[C@@H](CC(C)C)C(=O)N[C@H]1CSSC[C@H](NC(=O)[C@H](C(C)C)NC(=O)CNC(=O)[C@H](CCCNC(=N)N)NC(=O)[C@H](CCCNC(=N)N)NC1=O)C(=O)N[C@@H](Cc1c[nH]c3ccccc13)C(=O)N2. The molecule has 5 heterocycles. The monoisotopic (exact) mass is 2110 g/mol. The molecule has 3 aromatic rings. The first kappa shape index (κ1) is 118. The van der Waals surface area contributed by atoms with Crippen LogP contribution >= 0.6 is 64.8 Å². The van der Waals surface area contributed by atoms with Gasteiger partial charge >= 0.3 is 0 Å². The Labute approximate surface area is 850 Å². The van der Waals surface area contributed by atoms with Crippen LogP contribution in [-0.4, -0.2) is 317 Å². The summed E-state index contributed by atoms with van der Waals surface area (Å²) in [6.45, 7) is 9.11. The fourth-order valence-corrected chi connectivity index (χ4v) is 21.9. The fourth-order valence-electron chi connectivity index (χ4n) is 14.9. The van der Waals surface area contributed by atoms with Crippen molar-refractivity contribution in [1.82, 2.24) is 122 Å². The van der Waals surface area contributed by atoms with Crippen molar-refractivity contribution < 1.29 is 91.4 Å². The van der Waals surface area contributed by atoms with Crippen molar-refractivity contribution in [1.29, 1.82) is 21.6 Å². The molecule has 0 radical (unpaired) electrons. The number of aliphatic hydroxyl groups is 1. The van der Waals surface area contributed by atoms with E-state index in [0.717, 1.165) is 71.7 Å². The van der Waals surface area contributed by atoms with Crippen molar-refractivity contribution in [3.8, 4) is 0 Å². The van der Waals surface area contributed by atoms with Crippen LogP contribution in [0.1, 0.15) is 124 Å². The molecule has 143 heavy (non-hydrogen) atoms. The van der Waals surface area contributed by atoms with E-state index >= 15 is 57.5 Å². The second kappa shape index (κ2) is 60.2. The number of rotatable bonds is 26. The lowest BCUT2D eigenvalue weighted by atomic mass is 9.97. The molecule has 18 atom stereocenters. The van der Waals surface area contributed by atoms with Crippen LogP contribution in [0.15, 0.2) is 60.8 Å². The molecule has 50 nitrogen and oxygen atoms in total. The van der Waals surface area contributed by atoms with E-state index in [2.05, 4.69) is 122 Å².